The van der Waals surface area contributed by atoms with Crippen molar-refractivity contribution < 1.29 is 18.8 Å². The smallest absolute Gasteiger partial charge is 0.294 e. The van der Waals surface area contributed by atoms with Gasteiger partial charge in [-0.2, -0.15) is 0 Å². The molecule has 3 rings (SSSR count). The van der Waals surface area contributed by atoms with Crippen molar-refractivity contribution in [3.8, 4) is 0 Å². The zero-order chi connectivity index (χ0) is 18.0. The molecule has 25 heavy (non-hydrogen) atoms. The van der Waals surface area contributed by atoms with E-state index < -0.39 is 29.4 Å². The van der Waals surface area contributed by atoms with Gasteiger partial charge in [-0.3, -0.25) is 19.3 Å². The third kappa shape index (κ3) is 4.17. The fourth-order valence-electron chi connectivity index (χ4n) is 2.07. The minimum Gasteiger partial charge on any atom is -0.322 e. The lowest BCUT2D eigenvalue weighted by atomic mass is 10.3. The molecule has 0 aliphatic carbocycles. The highest BCUT2D eigenvalue weighted by molar-refractivity contribution is 9.11. The molecule has 0 radical (unpaired) electrons. The quantitative estimate of drug-likeness (QED) is 0.718. The second-order valence-corrected chi connectivity index (χ2v) is 8.43. The first-order valence-electron chi connectivity index (χ1n) is 6.99. The molecule has 1 aliphatic rings. The van der Waals surface area contributed by atoms with Crippen molar-refractivity contribution >= 4 is 67.8 Å². The summed E-state index contributed by atoms with van der Waals surface area (Å²) in [6.45, 7) is -0.468. The molecule has 1 N–H and O–H groups in total. The number of rotatable bonds is 4. The van der Waals surface area contributed by atoms with Crippen molar-refractivity contribution in [3.05, 3.63) is 55.8 Å². The number of benzene rings is 1. The minimum atomic E-state index is -0.646. The minimum absolute atomic E-state index is 0.00144. The van der Waals surface area contributed by atoms with Crippen LogP contribution in [-0.4, -0.2) is 28.5 Å². The molecule has 0 unspecified atom stereocenters. The van der Waals surface area contributed by atoms with E-state index in [2.05, 4.69) is 21.2 Å². The Balaban J connectivity index is 1.69. The molecule has 9 heteroatoms. The lowest BCUT2D eigenvalue weighted by Crippen LogP contribution is -2.36. The first kappa shape index (κ1) is 17.8. The van der Waals surface area contributed by atoms with Crippen LogP contribution in [0.5, 0.6) is 0 Å². The molecule has 1 aliphatic heterocycles. The van der Waals surface area contributed by atoms with Gasteiger partial charge in [0, 0.05) is 4.88 Å². The first-order valence-corrected chi connectivity index (χ1v) is 9.42. The number of thioether (sulfide) groups is 1. The van der Waals surface area contributed by atoms with Crippen LogP contribution in [0.3, 0.4) is 0 Å². The van der Waals surface area contributed by atoms with Crippen LogP contribution in [0, 0.1) is 5.82 Å². The summed E-state index contributed by atoms with van der Waals surface area (Å²) in [5, 5.41) is 1.82. The fourth-order valence-corrected chi connectivity index (χ4v) is 4.34. The van der Waals surface area contributed by atoms with E-state index in [0.29, 0.717) is 0 Å². The number of para-hydroxylation sites is 1. The van der Waals surface area contributed by atoms with E-state index in [1.165, 1.54) is 29.5 Å². The SMILES string of the molecule is O=C(CN1C(=O)S/C(=C/c2ccc(Br)s2)C1=O)Nc1ccccc1F. The number of nitrogens with one attached hydrogen (secondary N) is 1. The first-order chi connectivity index (χ1) is 11.9. The molecule has 0 bridgehead atoms. The normalized spacial score (nSPS) is 15.9. The summed E-state index contributed by atoms with van der Waals surface area (Å²) >= 11 is 5.52. The molecule has 2 heterocycles. The second kappa shape index (κ2) is 7.51. The Morgan fingerprint density at radius 2 is 2.00 bits per heavy atom. The Morgan fingerprint density at radius 3 is 2.68 bits per heavy atom. The van der Waals surface area contributed by atoms with E-state index in [4.69, 9.17) is 0 Å². The van der Waals surface area contributed by atoms with E-state index in [0.717, 1.165) is 25.3 Å². The van der Waals surface area contributed by atoms with E-state index in [9.17, 15) is 18.8 Å². The van der Waals surface area contributed by atoms with Crippen molar-refractivity contribution in [3.63, 3.8) is 0 Å². The van der Waals surface area contributed by atoms with Gasteiger partial charge in [0.2, 0.25) is 5.91 Å². The van der Waals surface area contributed by atoms with Crippen LogP contribution in [0.25, 0.3) is 6.08 Å². The fraction of sp³-hybridized carbons (Fsp3) is 0.0625. The molecule has 0 saturated carbocycles. The number of halogens is 2. The molecule has 5 nitrogen and oxygen atoms in total. The molecule has 1 aromatic carbocycles. The number of nitrogens with zero attached hydrogens (tertiary/aromatic N) is 1. The Bertz CT molecular complexity index is 897. The van der Waals surface area contributed by atoms with Gasteiger partial charge < -0.3 is 5.32 Å². The molecular weight excluding hydrogens is 431 g/mol. The third-order valence-electron chi connectivity index (χ3n) is 3.19. The van der Waals surface area contributed by atoms with E-state index in [-0.39, 0.29) is 10.6 Å². The maximum Gasteiger partial charge on any atom is 0.294 e. The number of carbonyl (C=O) groups is 3. The van der Waals surface area contributed by atoms with Crippen molar-refractivity contribution in [2.75, 3.05) is 11.9 Å². The largest absolute Gasteiger partial charge is 0.322 e. The molecular formula is C16H10BrFN2O3S2. The molecule has 128 valence electrons. The number of amides is 3. The number of imide groups is 1. The number of hydrogen-bond donors (Lipinski definition) is 1. The van der Waals surface area contributed by atoms with Gasteiger partial charge in [0.25, 0.3) is 11.1 Å². The van der Waals surface area contributed by atoms with Crippen molar-refractivity contribution in [1.29, 1.82) is 0 Å². The van der Waals surface area contributed by atoms with Crippen molar-refractivity contribution in [2.24, 2.45) is 0 Å². The summed E-state index contributed by atoms with van der Waals surface area (Å²) < 4.78 is 14.4. The standard InChI is InChI=1S/C16H10BrFN2O3S2/c17-13-6-5-9(24-13)7-12-15(22)20(16(23)25-12)8-14(21)19-11-4-2-1-3-10(11)18/h1-7H,8H2,(H,19,21)/b12-7+. The maximum atomic E-state index is 13.5. The summed E-state index contributed by atoms with van der Waals surface area (Å²) in [5.74, 6) is -1.77. The van der Waals surface area contributed by atoms with E-state index in [1.54, 1.807) is 12.1 Å². The van der Waals surface area contributed by atoms with Crippen LogP contribution in [0.4, 0.5) is 14.9 Å². The molecule has 1 saturated heterocycles. The predicted molar refractivity (Wildman–Crippen MR) is 99.7 cm³/mol. The summed E-state index contributed by atoms with van der Waals surface area (Å²) in [6.07, 6.45) is 1.61. The van der Waals surface area contributed by atoms with Gasteiger partial charge in [0.1, 0.15) is 12.4 Å². The lowest BCUT2D eigenvalue weighted by Gasteiger charge is -2.12. The summed E-state index contributed by atoms with van der Waals surface area (Å²) in [6, 6.07) is 9.32. The average molecular weight is 441 g/mol. The van der Waals surface area contributed by atoms with Crippen LogP contribution in [-0.2, 0) is 9.59 Å². The molecule has 2 aromatic rings. The number of anilines is 1. The summed E-state index contributed by atoms with van der Waals surface area (Å²) in [4.78, 5) is 38.3. The highest BCUT2D eigenvalue weighted by Gasteiger charge is 2.36. The van der Waals surface area contributed by atoms with Gasteiger partial charge in [-0.05, 0) is 58.0 Å². The van der Waals surface area contributed by atoms with E-state index in [1.807, 2.05) is 12.1 Å². The van der Waals surface area contributed by atoms with Gasteiger partial charge in [-0.15, -0.1) is 11.3 Å². The zero-order valence-electron chi connectivity index (χ0n) is 12.5. The predicted octanol–water partition coefficient (Wildman–Crippen LogP) is 4.32. The highest BCUT2D eigenvalue weighted by Crippen LogP contribution is 2.34. The Kier molecular flexibility index (Phi) is 5.36. The number of hydrogen-bond acceptors (Lipinski definition) is 5. The van der Waals surface area contributed by atoms with Gasteiger partial charge in [0.05, 0.1) is 14.4 Å². The van der Waals surface area contributed by atoms with Crippen LogP contribution >= 0.6 is 39.0 Å². The lowest BCUT2D eigenvalue weighted by molar-refractivity contribution is -0.127. The molecule has 0 spiro atoms. The summed E-state index contributed by atoms with van der Waals surface area (Å²) in [5.41, 5.74) is -0.00144. The van der Waals surface area contributed by atoms with Gasteiger partial charge in [-0.1, -0.05) is 12.1 Å². The van der Waals surface area contributed by atoms with Crippen molar-refractivity contribution in [1.82, 2.24) is 4.90 Å². The van der Waals surface area contributed by atoms with Crippen molar-refractivity contribution in [2.45, 2.75) is 0 Å². The zero-order valence-corrected chi connectivity index (χ0v) is 15.7. The topological polar surface area (TPSA) is 66.5 Å². The van der Waals surface area contributed by atoms with Gasteiger partial charge >= 0.3 is 0 Å². The van der Waals surface area contributed by atoms with Crippen LogP contribution in [0.1, 0.15) is 4.88 Å². The van der Waals surface area contributed by atoms with E-state index >= 15 is 0 Å². The third-order valence-corrected chi connectivity index (χ3v) is 5.67. The maximum absolute atomic E-state index is 13.5. The highest BCUT2D eigenvalue weighted by atomic mass is 79.9. The number of carbonyl (C=O) groups excluding carboxylic acids is 3. The molecule has 1 aromatic heterocycles. The molecule has 1 fully saturated rings. The average Bonchev–Trinajstić information content (AvgIpc) is 3.08. The van der Waals surface area contributed by atoms with Gasteiger partial charge in [0.15, 0.2) is 0 Å². The Morgan fingerprint density at radius 1 is 1.24 bits per heavy atom. The molecule has 0 atom stereocenters. The van der Waals surface area contributed by atoms with Crippen LogP contribution < -0.4 is 5.32 Å². The van der Waals surface area contributed by atoms with Gasteiger partial charge in [-0.25, -0.2) is 4.39 Å². The molecule has 3 amide bonds. The van der Waals surface area contributed by atoms with Crippen LogP contribution in [0.2, 0.25) is 0 Å². The second-order valence-electron chi connectivity index (χ2n) is 4.94. The Hall–Kier alpha value is -1.97. The monoisotopic (exact) mass is 440 g/mol. The summed E-state index contributed by atoms with van der Waals surface area (Å²) in [7, 11) is 0. The number of thiophene rings is 1. The Labute approximate surface area is 159 Å². The van der Waals surface area contributed by atoms with Crippen LogP contribution in [0.15, 0.2) is 45.1 Å².